The van der Waals surface area contributed by atoms with Gasteiger partial charge in [0.2, 0.25) is 5.91 Å². The Balaban J connectivity index is 2.48. The van der Waals surface area contributed by atoms with Crippen LogP contribution >= 0.6 is 0 Å². The molecule has 2 rings (SSSR count). The van der Waals surface area contributed by atoms with Crippen LogP contribution in [-0.2, 0) is 9.59 Å². The van der Waals surface area contributed by atoms with Crippen LogP contribution in [0.3, 0.4) is 0 Å². The summed E-state index contributed by atoms with van der Waals surface area (Å²) in [7, 11) is 0. The lowest BCUT2D eigenvalue weighted by atomic mass is 9.97. The van der Waals surface area contributed by atoms with Crippen LogP contribution in [0.4, 0.5) is 14.5 Å². The summed E-state index contributed by atoms with van der Waals surface area (Å²) in [6.45, 7) is 2.36. The number of nitrogens with zero attached hydrogens (tertiary/aromatic N) is 1. The molecule has 0 radical (unpaired) electrons. The van der Waals surface area contributed by atoms with E-state index in [0.717, 1.165) is 11.0 Å². The van der Waals surface area contributed by atoms with E-state index in [0.29, 0.717) is 6.07 Å². The fraction of sp³-hybridized carbons (Fsp3) is 0.308. The van der Waals surface area contributed by atoms with Gasteiger partial charge in [0, 0.05) is 0 Å². The van der Waals surface area contributed by atoms with Gasteiger partial charge in [0.25, 0.3) is 11.8 Å². The minimum absolute atomic E-state index is 0.437. The molecule has 1 aromatic rings. The van der Waals surface area contributed by atoms with E-state index in [9.17, 15) is 23.2 Å². The van der Waals surface area contributed by atoms with Crippen molar-refractivity contribution in [3.05, 3.63) is 29.3 Å². The molecule has 1 aliphatic heterocycles. The number of rotatable bonds is 1. The molecule has 8 heteroatoms. The van der Waals surface area contributed by atoms with Crippen LogP contribution in [0.25, 0.3) is 0 Å². The quantitative estimate of drug-likeness (QED) is 0.580. The van der Waals surface area contributed by atoms with Crippen LogP contribution in [-0.4, -0.2) is 34.7 Å². The Morgan fingerprint density at radius 1 is 1.33 bits per heavy atom. The van der Waals surface area contributed by atoms with Gasteiger partial charge in [-0.3, -0.25) is 19.7 Å². The van der Waals surface area contributed by atoms with E-state index in [1.54, 1.807) is 0 Å². The molecule has 0 aliphatic carbocycles. The van der Waals surface area contributed by atoms with E-state index >= 15 is 0 Å². The normalized spacial score (nSPS) is 17.6. The number of carbonyl (C=O) groups excluding carboxylic acids is 3. The molecule has 21 heavy (non-hydrogen) atoms. The molecule has 112 valence electrons. The molecule has 1 aromatic carbocycles. The van der Waals surface area contributed by atoms with Crippen LogP contribution < -0.4 is 11.1 Å². The summed E-state index contributed by atoms with van der Waals surface area (Å²) in [6, 6.07) is 1.42. The van der Waals surface area contributed by atoms with Crippen molar-refractivity contribution in [2.45, 2.75) is 19.4 Å². The van der Waals surface area contributed by atoms with Gasteiger partial charge in [-0.2, -0.15) is 0 Å². The Morgan fingerprint density at radius 3 is 2.57 bits per heavy atom. The Morgan fingerprint density at radius 2 is 1.95 bits per heavy atom. The molecular weight excluding hydrogens is 284 g/mol. The summed E-state index contributed by atoms with van der Waals surface area (Å²) in [4.78, 5) is 36.4. The van der Waals surface area contributed by atoms with Crippen LogP contribution in [0.15, 0.2) is 12.1 Å². The maximum atomic E-state index is 13.9. The van der Waals surface area contributed by atoms with Crippen molar-refractivity contribution in [2.75, 3.05) is 12.3 Å². The lowest BCUT2D eigenvalue weighted by Crippen LogP contribution is -2.65. The topological polar surface area (TPSA) is 92.5 Å². The molecule has 1 heterocycles. The number of hydrogen-bond donors (Lipinski definition) is 2. The van der Waals surface area contributed by atoms with Crippen LogP contribution in [0.2, 0.25) is 0 Å². The number of nitrogen functional groups attached to an aromatic ring is 1. The largest absolute Gasteiger partial charge is 0.396 e. The van der Waals surface area contributed by atoms with Crippen molar-refractivity contribution in [3.63, 3.8) is 0 Å². The Kier molecular flexibility index (Phi) is 3.40. The van der Waals surface area contributed by atoms with E-state index in [1.165, 1.54) is 13.8 Å². The Hall–Kier alpha value is -2.51. The highest BCUT2D eigenvalue weighted by atomic mass is 19.1. The van der Waals surface area contributed by atoms with E-state index < -0.39 is 52.7 Å². The molecule has 0 spiro atoms. The first-order valence-corrected chi connectivity index (χ1v) is 6.05. The van der Waals surface area contributed by atoms with Crippen LogP contribution in [0.5, 0.6) is 0 Å². The highest BCUT2D eigenvalue weighted by Crippen LogP contribution is 2.24. The molecule has 0 bridgehead atoms. The van der Waals surface area contributed by atoms with Crippen molar-refractivity contribution < 1.29 is 23.2 Å². The highest BCUT2D eigenvalue weighted by Gasteiger charge is 2.44. The van der Waals surface area contributed by atoms with E-state index in [2.05, 4.69) is 5.32 Å². The summed E-state index contributed by atoms with van der Waals surface area (Å²) < 4.78 is 27.2. The molecule has 0 aromatic heterocycles. The lowest BCUT2D eigenvalue weighted by molar-refractivity contribution is -0.143. The molecular formula is C13H13F2N3O3. The van der Waals surface area contributed by atoms with Crippen LogP contribution in [0, 0.1) is 11.6 Å². The third-order valence-corrected chi connectivity index (χ3v) is 3.33. The van der Waals surface area contributed by atoms with Crippen molar-refractivity contribution in [3.8, 4) is 0 Å². The fourth-order valence-electron chi connectivity index (χ4n) is 2.02. The van der Waals surface area contributed by atoms with Crippen molar-refractivity contribution in [2.24, 2.45) is 0 Å². The maximum absolute atomic E-state index is 13.9. The second-order valence-electron chi connectivity index (χ2n) is 5.18. The Labute approximate surface area is 118 Å². The first-order chi connectivity index (χ1) is 9.64. The van der Waals surface area contributed by atoms with Gasteiger partial charge >= 0.3 is 0 Å². The summed E-state index contributed by atoms with van der Waals surface area (Å²) in [6.07, 6.45) is 0. The van der Waals surface area contributed by atoms with Crippen molar-refractivity contribution >= 4 is 23.4 Å². The average molecular weight is 297 g/mol. The van der Waals surface area contributed by atoms with Crippen molar-refractivity contribution in [1.29, 1.82) is 0 Å². The average Bonchev–Trinajstić information content (AvgIpc) is 2.37. The monoisotopic (exact) mass is 297 g/mol. The molecule has 3 N–H and O–H groups in total. The predicted molar refractivity (Wildman–Crippen MR) is 69.0 cm³/mol. The number of nitrogens with two attached hydrogens (primary N) is 1. The number of benzene rings is 1. The fourth-order valence-corrected chi connectivity index (χ4v) is 2.02. The number of piperazine rings is 1. The summed E-state index contributed by atoms with van der Waals surface area (Å²) in [5, 5.41) is 2.08. The first-order valence-electron chi connectivity index (χ1n) is 6.05. The minimum Gasteiger partial charge on any atom is -0.396 e. The van der Waals surface area contributed by atoms with Crippen molar-refractivity contribution in [1.82, 2.24) is 10.2 Å². The number of halogens is 2. The van der Waals surface area contributed by atoms with Gasteiger partial charge in [-0.25, -0.2) is 8.78 Å². The minimum atomic E-state index is -1.38. The summed E-state index contributed by atoms with van der Waals surface area (Å²) >= 11 is 0. The van der Waals surface area contributed by atoms with Gasteiger partial charge in [-0.05, 0) is 26.0 Å². The highest BCUT2D eigenvalue weighted by molar-refractivity contribution is 6.09. The second-order valence-corrected chi connectivity index (χ2v) is 5.18. The molecule has 0 atom stereocenters. The molecule has 0 saturated carbocycles. The SMILES string of the molecule is CC1(C)C(=O)NC(=O)CN1C(=O)c1cc(F)cc(N)c1F. The zero-order valence-electron chi connectivity index (χ0n) is 11.4. The number of imide groups is 1. The van der Waals surface area contributed by atoms with E-state index in [1.807, 2.05) is 0 Å². The molecule has 0 unspecified atom stereocenters. The number of nitrogens with one attached hydrogen (secondary N) is 1. The number of anilines is 1. The summed E-state index contributed by atoms with van der Waals surface area (Å²) in [5.41, 5.74) is 2.76. The van der Waals surface area contributed by atoms with Gasteiger partial charge in [0.1, 0.15) is 17.9 Å². The van der Waals surface area contributed by atoms with E-state index in [-0.39, 0.29) is 0 Å². The van der Waals surface area contributed by atoms with E-state index in [4.69, 9.17) is 5.73 Å². The second kappa shape index (κ2) is 4.80. The van der Waals surface area contributed by atoms with Crippen LogP contribution in [0.1, 0.15) is 24.2 Å². The van der Waals surface area contributed by atoms with Gasteiger partial charge in [0.05, 0.1) is 11.3 Å². The molecule has 1 aliphatic rings. The standard InChI is InChI=1S/C13H13F2N3O3/c1-13(2)12(21)17-9(19)5-18(13)11(20)7-3-6(14)4-8(16)10(7)15/h3-4H,5,16H2,1-2H3,(H,17,19,21). The smallest absolute Gasteiger partial charge is 0.258 e. The molecule has 1 saturated heterocycles. The third-order valence-electron chi connectivity index (χ3n) is 3.33. The predicted octanol–water partition coefficient (Wildman–Crippen LogP) is 0.424. The lowest BCUT2D eigenvalue weighted by Gasteiger charge is -2.40. The molecule has 6 nitrogen and oxygen atoms in total. The van der Waals surface area contributed by atoms with Gasteiger partial charge in [-0.15, -0.1) is 0 Å². The number of amides is 3. The number of hydrogen-bond acceptors (Lipinski definition) is 4. The number of carbonyl (C=O) groups is 3. The third kappa shape index (κ3) is 2.44. The summed E-state index contributed by atoms with van der Waals surface area (Å²) in [5.74, 6) is -4.35. The zero-order valence-corrected chi connectivity index (χ0v) is 11.4. The van der Waals surface area contributed by atoms with Gasteiger partial charge < -0.3 is 10.6 Å². The Bertz CT molecular complexity index is 658. The maximum Gasteiger partial charge on any atom is 0.258 e. The molecule has 3 amide bonds. The molecule has 1 fully saturated rings. The van der Waals surface area contributed by atoms with Gasteiger partial charge in [-0.1, -0.05) is 0 Å². The first kappa shape index (κ1) is 14.9. The zero-order chi connectivity index (χ0) is 15.9. The van der Waals surface area contributed by atoms with Gasteiger partial charge in [0.15, 0.2) is 5.82 Å².